The quantitative estimate of drug-likeness (QED) is 0.543. The lowest BCUT2D eigenvalue weighted by molar-refractivity contribution is -0.137. The zero-order chi connectivity index (χ0) is 16.8. The molecule has 1 heterocycles. The molecule has 4 nitrogen and oxygen atoms in total. The highest BCUT2D eigenvalue weighted by atomic mass is 16.5. The van der Waals surface area contributed by atoms with E-state index in [4.69, 9.17) is 9.47 Å². The fraction of sp³-hybridized carbons (Fsp3) is 0.150. The van der Waals surface area contributed by atoms with Crippen molar-refractivity contribution in [3.8, 4) is 5.75 Å². The molecule has 3 rings (SSSR count). The minimum atomic E-state index is -0.344. The van der Waals surface area contributed by atoms with Crippen molar-refractivity contribution in [2.75, 3.05) is 6.61 Å². The van der Waals surface area contributed by atoms with Crippen LogP contribution in [0, 0.1) is 0 Å². The molecule has 3 aromatic rings. The third-order valence-electron chi connectivity index (χ3n) is 3.62. The molecule has 0 amide bonds. The maximum absolute atomic E-state index is 11.5. The summed E-state index contributed by atoms with van der Waals surface area (Å²) in [5.41, 5.74) is 3.03. The standard InChI is InChI=1S/C20H19NO3/c1-2-23-20(22)11-8-16-13-21-19-10-9-17(12-18(16)19)24-14-15-6-4-3-5-7-15/h3-13,21H,2,14H2,1H3/b11-8+. The number of carbonyl (C=O) groups is 1. The lowest BCUT2D eigenvalue weighted by Crippen LogP contribution is -1.98. The number of nitrogens with one attached hydrogen (secondary N) is 1. The molecule has 0 unspecified atom stereocenters. The number of rotatable bonds is 6. The molecule has 0 saturated carbocycles. The van der Waals surface area contributed by atoms with Gasteiger partial charge in [-0.2, -0.15) is 0 Å². The Labute approximate surface area is 140 Å². The molecule has 0 aliphatic rings. The van der Waals surface area contributed by atoms with E-state index in [2.05, 4.69) is 4.98 Å². The SMILES string of the molecule is CCOC(=O)/C=C/c1c[nH]c2ccc(OCc3ccccc3)cc12. The Kier molecular flexibility index (Phi) is 4.96. The fourth-order valence-electron chi connectivity index (χ4n) is 2.44. The minimum Gasteiger partial charge on any atom is -0.489 e. The van der Waals surface area contributed by atoms with Crippen molar-refractivity contribution in [3.63, 3.8) is 0 Å². The van der Waals surface area contributed by atoms with E-state index < -0.39 is 0 Å². The molecule has 1 aromatic heterocycles. The molecule has 0 radical (unpaired) electrons. The third-order valence-corrected chi connectivity index (χ3v) is 3.62. The van der Waals surface area contributed by atoms with Gasteiger partial charge in [0.05, 0.1) is 6.61 Å². The van der Waals surface area contributed by atoms with Crippen LogP contribution in [-0.4, -0.2) is 17.6 Å². The second-order valence-electron chi connectivity index (χ2n) is 5.31. The van der Waals surface area contributed by atoms with Gasteiger partial charge >= 0.3 is 5.97 Å². The third kappa shape index (κ3) is 3.84. The van der Waals surface area contributed by atoms with Crippen LogP contribution in [0.15, 0.2) is 60.8 Å². The van der Waals surface area contributed by atoms with Crippen LogP contribution in [-0.2, 0) is 16.1 Å². The first-order valence-electron chi connectivity index (χ1n) is 7.89. The van der Waals surface area contributed by atoms with Gasteiger partial charge in [0.25, 0.3) is 0 Å². The number of aromatic nitrogens is 1. The molecule has 0 aliphatic heterocycles. The molecule has 0 saturated heterocycles. The number of ether oxygens (including phenoxy) is 2. The van der Waals surface area contributed by atoms with Gasteiger partial charge < -0.3 is 14.5 Å². The number of carbonyl (C=O) groups excluding carboxylic acids is 1. The zero-order valence-corrected chi connectivity index (χ0v) is 13.5. The van der Waals surface area contributed by atoms with E-state index in [-0.39, 0.29) is 5.97 Å². The van der Waals surface area contributed by atoms with Crippen LogP contribution in [0.3, 0.4) is 0 Å². The number of esters is 1. The van der Waals surface area contributed by atoms with Gasteiger partial charge in [-0.3, -0.25) is 0 Å². The smallest absolute Gasteiger partial charge is 0.330 e. The monoisotopic (exact) mass is 321 g/mol. The fourth-order valence-corrected chi connectivity index (χ4v) is 2.44. The number of hydrogen-bond acceptors (Lipinski definition) is 3. The summed E-state index contributed by atoms with van der Waals surface area (Å²) in [7, 11) is 0. The lowest BCUT2D eigenvalue weighted by atomic mass is 10.1. The summed E-state index contributed by atoms with van der Waals surface area (Å²) in [5, 5.41) is 1.00. The van der Waals surface area contributed by atoms with Gasteiger partial charge in [0.2, 0.25) is 0 Å². The van der Waals surface area contributed by atoms with E-state index in [0.29, 0.717) is 13.2 Å². The number of benzene rings is 2. The Morgan fingerprint density at radius 2 is 2.00 bits per heavy atom. The second kappa shape index (κ2) is 7.51. The average Bonchev–Trinajstić information content (AvgIpc) is 3.02. The number of aromatic amines is 1. The van der Waals surface area contributed by atoms with Crippen LogP contribution in [0.25, 0.3) is 17.0 Å². The molecule has 2 aromatic carbocycles. The van der Waals surface area contributed by atoms with Crippen molar-refractivity contribution in [2.45, 2.75) is 13.5 Å². The maximum atomic E-state index is 11.5. The highest BCUT2D eigenvalue weighted by Crippen LogP contribution is 2.25. The predicted octanol–water partition coefficient (Wildman–Crippen LogP) is 4.32. The van der Waals surface area contributed by atoms with E-state index in [1.165, 1.54) is 6.08 Å². The van der Waals surface area contributed by atoms with Gasteiger partial charge in [-0.15, -0.1) is 0 Å². The van der Waals surface area contributed by atoms with Crippen molar-refractivity contribution in [1.29, 1.82) is 0 Å². The molecule has 0 fully saturated rings. The minimum absolute atomic E-state index is 0.344. The molecule has 0 atom stereocenters. The molecular weight excluding hydrogens is 302 g/mol. The van der Waals surface area contributed by atoms with Crippen LogP contribution >= 0.6 is 0 Å². The highest BCUT2D eigenvalue weighted by molar-refractivity contribution is 5.94. The maximum Gasteiger partial charge on any atom is 0.330 e. The van der Waals surface area contributed by atoms with Crippen molar-refractivity contribution in [1.82, 2.24) is 4.98 Å². The summed E-state index contributed by atoms with van der Waals surface area (Å²) in [5.74, 6) is 0.445. The Hall–Kier alpha value is -3.01. The second-order valence-corrected chi connectivity index (χ2v) is 5.31. The zero-order valence-electron chi connectivity index (χ0n) is 13.5. The van der Waals surface area contributed by atoms with Crippen molar-refractivity contribution >= 4 is 22.9 Å². The number of fused-ring (bicyclic) bond motifs is 1. The van der Waals surface area contributed by atoms with Gasteiger partial charge in [-0.05, 0) is 36.8 Å². The summed E-state index contributed by atoms with van der Waals surface area (Å²) in [6, 6.07) is 15.9. The lowest BCUT2D eigenvalue weighted by Gasteiger charge is -2.06. The van der Waals surface area contributed by atoms with E-state index in [1.807, 2.05) is 54.7 Å². The Morgan fingerprint density at radius 1 is 1.17 bits per heavy atom. The van der Waals surface area contributed by atoms with Gasteiger partial charge in [0, 0.05) is 28.7 Å². The molecule has 122 valence electrons. The molecule has 1 N–H and O–H groups in total. The Balaban J connectivity index is 1.77. The Bertz CT molecular complexity index is 850. The van der Waals surface area contributed by atoms with Crippen molar-refractivity contribution in [2.24, 2.45) is 0 Å². The van der Waals surface area contributed by atoms with Gasteiger partial charge in [-0.25, -0.2) is 4.79 Å². The normalized spacial score (nSPS) is 11.0. The molecule has 0 bridgehead atoms. The van der Waals surface area contributed by atoms with E-state index in [9.17, 15) is 4.79 Å². The topological polar surface area (TPSA) is 51.3 Å². The van der Waals surface area contributed by atoms with Crippen molar-refractivity contribution < 1.29 is 14.3 Å². The molecular formula is C20H19NO3. The van der Waals surface area contributed by atoms with Crippen LogP contribution in [0.5, 0.6) is 5.75 Å². The Morgan fingerprint density at radius 3 is 2.79 bits per heavy atom. The number of H-pyrrole nitrogens is 1. The summed E-state index contributed by atoms with van der Waals surface area (Å²) in [6.07, 6.45) is 5.04. The van der Waals surface area contributed by atoms with E-state index >= 15 is 0 Å². The summed E-state index contributed by atoms with van der Waals surface area (Å²) in [6.45, 7) is 2.67. The first-order valence-corrected chi connectivity index (χ1v) is 7.89. The first-order chi connectivity index (χ1) is 11.8. The molecule has 4 heteroatoms. The molecule has 0 spiro atoms. The predicted molar refractivity (Wildman–Crippen MR) is 94.7 cm³/mol. The first kappa shape index (κ1) is 15.9. The van der Waals surface area contributed by atoms with Gasteiger partial charge in [0.1, 0.15) is 12.4 Å². The van der Waals surface area contributed by atoms with Crippen LogP contribution in [0.1, 0.15) is 18.1 Å². The highest BCUT2D eigenvalue weighted by Gasteiger charge is 2.04. The van der Waals surface area contributed by atoms with Crippen molar-refractivity contribution in [3.05, 3.63) is 71.9 Å². The van der Waals surface area contributed by atoms with Gasteiger partial charge in [-0.1, -0.05) is 30.3 Å². The summed E-state index contributed by atoms with van der Waals surface area (Å²) in [4.78, 5) is 14.6. The van der Waals surface area contributed by atoms with Crippen LogP contribution in [0.2, 0.25) is 0 Å². The van der Waals surface area contributed by atoms with Crippen LogP contribution in [0.4, 0.5) is 0 Å². The largest absolute Gasteiger partial charge is 0.489 e. The van der Waals surface area contributed by atoms with E-state index in [1.54, 1.807) is 13.0 Å². The van der Waals surface area contributed by atoms with Gasteiger partial charge in [0.15, 0.2) is 0 Å². The molecule has 0 aliphatic carbocycles. The summed E-state index contributed by atoms with van der Waals surface area (Å²) < 4.78 is 10.8. The molecule has 24 heavy (non-hydrogen) atoms. The van der Waals surface area contributed by atoms with E-state index in [0.717, 1.165) is 27.8 Å². The summed E-state index contributed by atoms with van der Waals surface area (Å²) >= 11 is 0. The average molecular weight is 321 g/mol. The van der Waals surface area contributed by atoms with Crippen LogP contribution < -0.4 is 4.74 Å². The number of hydrogen-bond donors (Lipinski definition) is 1.